The SMILES string of the molecule is Cc1cc(C(C)(C)C)cc(-c2c3ccc(F)cc3cc[n+]2C)c1C.Cc1cc(C(C)C)cc(-c2c3ccc(F)cc3cc[n+]2C)c1C.Cc1cc(C)c(C)c(-c2c3ccc(F)cc3cc[n+]2C)c1.Cc1cc(C2CCCC2)cc(-c2c3ccc(F)cc3cc[n+]2C)c1C.Cc1ccc(C)c(-c2c3ccc(F)cc3cc[n+]2C)c1. The van der Waals surface area contributed by atoms with Crippen LogP contribution in [-0.2, 0) is 40.7 Å². The molecule has 10 heteroatoms. The number of hydrogen-bond acceptors (Lipinski definition) is 0. The molecule has 15 aromatic rings. The van der Waals surface area contributed by atoms with E-state index in [1.807, 2.05) is 106 Å². The van der Waals surface area contributed by atoms with Crippen LogP contribution in [0.5, 0.6) is 0 Å². The lowest BCUT2D eigenvalue weighted by atomic mass is 9.83. The van der Waals surface area contributed by atoms with Crippen molar-refractivity contribution in [2.75, 3.05) is 0 Å². The van der Waals surface area contributed by atoms with Crippen LogP contribution in [0.1, 0.15) is 150 Å². The smallest absolute Gasteiger partial charge is 0.207 e. The Balaban J connectivity index is 0.000000131. The molecule has 0 spiro atoms. The minimum absolute atomic E-state index is 0.0858. The van der Waals surface area contributed by atoms with Gasteiger partial charge >= 0.3 is 0 Å². The number of rotatable bonds is 7. The van der Waals surface area contributed by atoms with Crippen LogP contribution < -0.4 is 22.8 Å². The molecule has 0 amide bonds. The van der Waals surface area contributed by atoms with Crippen molar-refractivity contribution in [2.24, 2.45) is 35.2 Å². The number of hydrogen-bond donors (Lipinski definition) is 0. The lowest BCUT2D eigenvalue weighted by Gasteiger charge is -2.22. The van der Waals surface area contributed by atoms with E-state index in [0.29, 0.717) is 11.8 Å². The van der Waals surface area contributed by atoms with Gasteiger partial charge in [0.2, 0.25) is 28.5 Å². The van der Waals surface area contributed by atoms with Crippen LogP contribution in [0, 0.1) is 105 Å². The van der Waals surface area contributed by atoms with Crippen LogP contribution >= 0.6 is 0 Å². The highest BCUT2D eigenvalue weighted by molar-refractivity contribution is 5.98. The summed E-state index contributed by atoms with van der Waals surface area (Å²) in [6.07, 6.45) is 15.3. The fraction of sp³-hybridized carbons (Fsp3) is 0.272. The lowest BCUT2D eigenvalue weighted by molar-refractivity contribution is -0.659. The Hall–Kier alpha value is -11.1. The first-order valence-electron chi connectivity index (χ1n) is 39.5. The van der Waals surface area contributed by atoms with Gasteiger partial charge in [-0.05, 0) is 321 Å². The van der Waals surface area contributed by atoms with Crippen LogP contribution in [0.15, 0.2) is 219 Å². The molecule has 0 aliphatic heterocycles. The van der Waals surface area contributed by atoms with Crippen molar-refractivity contribution in [1.29, 1.82) is 0 Å². The second kappa shape index (κ2) is 33.7. The van der Waals surface area contributed by atoms with E-state index in [2.05, 4.69) is 221 Å². The highest BCUT2D eigenvalue weighted by Crippen LogP contribution is 2.41. The molecule has 576 valence electrons. The first-order chi connectivity index (χ1) is 53.6. The molecule has 113 heavy (non-hydrogen) atoms. The Morgan fingerprint density at radius 3 is 0.973 bits per heavy atom. The first-order valence-corrected chi connectivity index (χ1v) is 39.5. The van der Waals surface area contributed by atoms with Crippen LogP contribution in [-0.4, -0.2) is 0 Å². The predicted molar refractivity (Wildman–Crippen MR) is 459 cm³/mol. The average molecular weight is 1510 g/mol. The Kier molecular flexibility index (Phi) is 24.3. The predicted octanol–water partition coefficient (Wildman–Crippen LogP) is 24.8. The van der Waals surface area contributed by atoms with E-state index in [1.54, 1.807) is 48.5 Å². The summed E-state index contributed by atoms with van der Waals surface area (Å²) < 4.78 is 78.4. The van der Waals surface area contributed by atoms with Gasteiger partial charge in [0, 0.05) is 35.9 Å². The molecule has 5 nitrogen and oxygen atoms in total. The summed E-state index contributed by atoms with van der Waals surface area (Å²) in [6, 6.07) is 59.7. The van der Waals surface area contributed by atoms with E-state index in [-0.39, 0.29) is 34.5 Å². The Morgan fingerprint density at radius 2 is 0.611 bits per heavy atom. The molecule has 5 heterocycles. The summed E-state index contributed by atoms with van der Waals surface area (Å²) in [4.78, 5) is 0. The van der Waals surface area contributed by atoms with Gasteiger partial charge in [0.25, 0.3) is 0 Å². The van der Waals surface area contributed by atoms with Gasteiger partial charge in [-0.1, -0.05) is 95.0 Å². The third-order valence-electron chi connectivity index (χ3n) is 23.4. The van der Waals surface area contributed by atoms with Gasteiger partial charge in [0.05, 0.1) is 49.2 Å². The number of benzene rings is 10. The van der Waals surface area contributed by atoms with Gasteiger partial charge in [-0.15, -0.1) is 0 Å². The van der Waals surface area contributed by atoms with Crippen molar-refractivity contribution in [3.05, 3.63) is 326 Å². The zero-order valence-electron chi connectivity index (χ0n) is 69.9. The number of aryl methyl sites for hydroxylation is 12. The summed E-state index contributed by atoms with van der Waals surface area (Å²) >= 11 is 0. The van der Waals surface area contributed by atoms with E-state index >= 15 is 0 Å². The van der Waals surface area contributed by atoms with Crippen LogP contribution in [0.25, 0.3) is 110 Å². The largest absolute Gasteiger partial charge is 0.220 e. The number of fused-ring (bicyclic) bond motifs is 5. The fourth-order valence-electron chi connectivity index (χ4n) is 16.3. The van der Waals surface area contributed by atoms with Crippen molar-refractivity contribution in [3.63, 3.8) is 0 Å². The molecular formula is C103H109F5N5+5. The molecule has 10 aromatic carbocycles. The van der Waals surface area contributed by atoms with Gasteiger partial charge in [-0.25, -0.2) is 44.8 Å². The lowest BCUT2D eigenvalue weighted by Crippen LogP contribution is -2.31. The van der Waals surface area contributed by atoms with E-state index in [9.17, 15) is 22.0 Å². The molecule has 0 atom stereocenters. The summed E-state index contributed by atoms with van der Waals surface area (Å²) in [5, 5.41) is 10.1. The summed E-state index contributed by atoms with van der Waals surface area (Å²) in [5.41, 5.74) is 30.1. The quantitative estimate of drug-likeness (QED) is 0.112. The molecule has 1 aliphatic rings. The molecule has 0 N–H and O–H groups in total. The minimum atomic E-state index is -0.196. The van der Waals surface area contributed by atoms with Crippen LogP contribution in [0.4, 0.5) is 22.0 Å². The van der Waals surface area contributed by atoms with Gasteiger partial charge in [-0.2, -0.15) is 0 Å². The highest BCUT2D eigenvalue weighted by Gasteiger charge is 2.28. The maximum absolute atomic E-state index is 13.7. The zero-order valence-corrected chi connectivity index (χ0v) is 69.9. The zero-order chi connectivity index (χ0) is 81.3. The standard InChI is InChI=1S/C23H25FN.C22H25FN.C21H23FN.C19H19FN.C18H17FN/c1-15-12-19(17-6-4-5-7-17)14-22(16(15)2)23-21-9-8-20(24)13-18(21)10-11-25(23)3;1-14-11-17(22(3,4)5)13-20(15(14)2)21-19-8-7-18(23)12-16(19)9-10-24(21)6;1-13(2)17-10-14(3)15(4)20(12-17)21-19-7-6-18(22)11-16(19)8-9-23(21)5;1-12-9-13(2)14(3)18(10-12)19-17-6-5-16(20)11-15(17)7-8-21(19)4;1-12-4-5-13(2)17(10-12)18-16-7-6-15(19)11-14(16)8-9-20(18)3/h8-14,17H,4-7H2,1-3H3;7-13H,1-6H3;6-13H,1-5H3;5-11H,1-4H3;4-11H,1-3H3/q5*+1. The van der Waals surface area contributed by atoms with E-state index in [0.717, 1.165) is 76.6 Å². The highest BCUT2D eigenvalue weighted by atomic mass is 19.1. The second-order valence-corrected chi connectivity index (χ2v) is 33.0. The molecule has 1 saturated carbocycles. The molecule has 0 unspecified atom stereocenters. The van der Waals surface area contributed by atoms with Crippen molar-refractivity contribution in [3.8, 4) is 56.3 Å². The maximum Gasteiger partial charge on any atom is 0.220 e. The number of nitrogens with zero attached hydrogens (tertiary/aromatic N) is 5. The molecule has 0 bridgehead atoms. The molecule has 1 fully saturated rings. The number of pyridine rings is 5. The molecule has 0 radical (unpaired) electrons. The monoisotopic (exact) mass is 1510 g/mol. The first kappa shape index (κ1) is 81.4. The van der Waals surface area contributed by atoms with Crippen molar-refractivity contribution < 1.29 is 44.8 Å². The molecule has 0 saturated heterocycles. The minimum Gasteiger partial charge on any atom is -0.207 e. The summed E-state index contributed by atoms with van der Waals surface area (Å²) in [7, 11) is 10.2. The maximum atomic E-state index is 13.7. The molecule has 5 aromatic heterocycles. The van der Waals surface area contributed by atoms with Crippen molar-refractivity contribution >= 4 is 53.9 Å². The van der Waals surface area contributed by atoms with Crippen LogP contribution in [0.2, 0.25) is 0 Å². The van der Waals surface area contributed by atoms with Gasteiger partial charge in [-0.3, -0.25) is 0 Å². The second-order valence-electron chi connectivity index (χ2n) is 33.0. The molecule has 16 rings (SSSR count). The molecular weight excluding hydrogens is 1400 g/mol. The molecule has 1 aliphatic carbocycles. The van der Waals surface area contributed by atoms with E-state index < -0.39 is 0 Å². The number of halogens is 5. The van der Waals surface area contributed by atoms with Gasteiger partial charge < -0.3 is 0 Å². The average Bonchev–Trinajstić information content (AvgIpc) is 1.10. The number of aromatic nitrogens is 5. The summed E-state index contributed by atoms with van der Waals surface area (Å²) in [5.74, 6) is 0.207. The third-order valence-corrected chi connectivity index (χ3v) is 23.4. The fourth-order valence-corrected chi connectivity index (χ4v) is 16.3. The Morgan fingerprint density at radius 1 is 0.301 bits per heavy atom. The van der Waals surface area contributed by atoms with Gasteiger partial charge in [0.15, 0.2) is 31.0 Å². The topological polar surface area (TPSA) is 19.4 Å². The van der Waals surface area contributed by atoms with E-state index in [1.165, 1.54) is 149 Å². The Labute approximate surface area is 666 Å². The Bertz CT molecular complexity index is 6170. The van der Waals surface area contributed by atoms with E-state index in [4.69, 9.17) is 0 Å². The van der Waals surface area contributed by atoms with Crippen LogP contribution in [0.3, 0.4) is 0 Å². The van der Waals surface area contributed by atoms with Gasteiger partial charge in [0.1, 0.15) is 64.3 Å². The van der Waals surface area contributed by atoms with Crippen molar-refractivity contribution in [2.45, 2.75) is 154 Å². The van der Waals surface area contributed by atoms with Crippen molar-refractivity contribution in [1.82, 2.24) is 0 Å². The normalized spacial score (nSPS) is 12.2. The summed E-state index contributed by atoms with van der Waals surface area (Å²) in [6.45, 7) is 34.8. The third kappa shape index (κ3) is 17.6.